The van der Waals surface area contributed by atoms with Crippen molar-refractivity contribution in [2.45, 2.75) is 12.5 Å². The maximum Gasteiger partial charge on any atom is 0.232 e. The van der Waals surface area contributed by atoms with Gasteiger partial charge in [-0.25, -0.2) is 0 Å². The minimum atomic E-state index is 0.130. The minimum Gasteiger partial charge on any atom is -0.456 e. The Bertz CT molecular complexity index is 1810. The van der Waals surface area contributed by atoms with Crippen molar-refractivity contribution < 1.29 is 9.42 Å². The van der Waals surface area contributed by atoms with Crippen LogP contribution in [0.3, 0.4) is 0 Å². The number of allylic oxidation sites excluding steroid dienone is 8. The third-order valence-electron chi connectivity index (χ3n) is 7.72. The lowest BCUT2D eigenvalue weighted by molar-refractivity contribution is -0.566. The first-order valence-electron chi connectivity index (χ1n) is 14.2. The summed E-state index contributed by atoms with van der Waals surface area (Å²) in [6.07, 6.45) is 13.8. The highest BCUT2D eigenvalue weighted by Gasteiger charge is 2.36. The van der Waals surface area contributed by atoms with Crippen LogP contribution in [0.25, 0.3) is 11.5 Å². The van der Waals surface area contributed by atoms with Crippen molar-refractivity contribution >= 4 is 54.8 Å². The number of halogens is 2. The van der Waals surface area contributed by atoms with E-state index in [2.05, 4.69) is 152 Å². The average molecular weight is 687 g/mol. The highest BCUT2D eigenvalue weighted by Crippen LogP contribution is 2.35. The number of benzene rings is 4. The summed E-state index contributed by atoms with van der Waals surface area (Å²) in [6, 6.07) is 37.7. The molecular weight excluding hydrogens is 660 g/mol. The molecule has 208 valence electrons. The molecule has 1 unspecified atom stereocenters. The Hall–Kier alpha value is -4.32. The smallest absolute Gasteiger partial charge is 0.232 e. The van der Waals surface area contributed by atoms with Gasteiger partial charge in [-0.1, -0.05) is 121 Å². The first kappa shape index (κ1) is 27.5. The van der Waals surface area contributed by atoms with Crippen LogP contribution in [-0.2, 0) is 4.74 Å². The molecule has 5 heteroatoms. The normalized spacial score (nSPS) is 17.9. The largest absolute Gasteiger partial charge is 0.456 e. The first-order chi connectivity index (χ1) is 21.1. The highest BCUT2D eigenvalue weighted by molar-refractivity contribution is 9.10. The molecule has 0 amide bonds. The Morgan fingerprint density at radius 1 is 0.581 bits per heavy atom. The lowest BCUT2D eigenvalue weighted by Crippen LogP contribution is -2.17. The van der Waals surface area contributed by atoms with Crippen LogP contribution in [0.15, 0.2) is 171 Å². The van der Waals surface area contributed by atoms with Crippen LogP contribution in [0.5, 0.6) is 0 Å². The number of nitrogens with zero attached hydrogens (tertiary/aromatic N) is 2. The van der Waals surface area contributed by atoms with Gasteiger partial charge in [0.1, 0.15) is 17.2 Å². The molecule has 0 saturated carbocycles. The predicted molar refractivity (Wildman–Crippen MR) is 183 cm³/mol. The number of hydrogen-bond donors (Lipinski definition) is 0. The van der Waals surface area contributed by atoms with Gasteiger partial charge in [0.2, 0.25) is 11.8 Å². The molecule has 1 aliphatic carbocycles. The van der Waals surface area contributed by atoms with Gasteiger partial charge in [-0.2, -0.15) is 0 Å². The average Bonchev–Trinajstić information content (AvgIpc) is 3.52. The van der Waals surface area contributed by atoms with Crippen LogP contribution in [0.1, 0.15) is 34.7 Å². The molecule has 0 aromatic heterocycles. The Morgan fingerprint density at radius 2 is 1.12 bits per heavy atom. The second-order valence-electron chi connectivity index (χ2n) is 10.5. The molecule has 3 nitrogen and oxygen atoms in total. The number of hydrogen-bond acceptors (Lipinski definition) is 2. The summed E-state index contributed by atoms with van der Waals surface area (Å²) in [5.74, 6) is 1.63. The molecule has 0 radical (unpaired) electrons. The Kier molecular flexibility index (Phi) is 7.75. The van der Waals surface area contributed by atoms with Gasteiger partial charge in [-0.05, 0) is 64.8 Å². The molecule has 0 saturated heterocycles. The van der Waals surface area contributed by atoms with Crippen LogP contribution >= 0.6 is 31.9 Å². The summed E-state index contributed by atoms with van der Waals surface area (Å²) >= 11 is 7.10. The number of hydrazone groups is 1. The number of rotatable bonds is 4. The molecule has 3 aliphatic rings. The van der Waals surface area contributed by atoms with Crippen molar-refractivity contribution in [3.63, 3.8) is 0 Å². The van der Waals surface area contributed by atoms with E-state index in [1.807, 2.05) is 30.3 Å². The zero-order chi connectivity index (χ0) is 29.2. The Labute approximate surface area is 268 Å². The fourth-order valence-electron chi connectivity index (χ4n) is 5.48. The van der Waals surface area contributed by atoms with E-state index in [0.29, 0.717) is 0 Å². The van der Waals surface area contributed by atoms with Crippen LogP contribution in [0.2, 0.25) is 0 Å². The maximum atomic E-state index is 6.46. The predicted octanol–water partition coefficient (Wildman–Crippen LogP) is 10.0. The van der Waals surface area contributed by atoms with Gasteiger partial charge in [0.05, 0.1) is 6.42 Å². The summed E-state index contributed by atoms with van der Waals surface area (Å²) in [6.45, 7) is 0. The maximum absolute atomic E-state index is 6.46. The third kappa shape index (κ3) is 5.96. The van der Waals surface area contributed by atoms with Gasteiger partial charge in [0.25, 0.3) is 0 Å². The molecule has 0 spiro atoms. The summed E-state index contributed by atoms with van der Waals surface area (Å²) in [7, 11) is 0. The molecule has 0 bridgehead atoms. The molecule has 2 aliphatic heterocycles. The van der Waals surface area contributed by atoms with Crippen molar-refractivity contribution in [1.29, 1.82) is 0 Å². The topological polar surface area (TPSA) is 24.6 Å². The summed E-state index contributed by atoms with van der Waals surface area (Å²) < 4.78 is 10.7. The molecule has 0 N–H and O–H groups in total. The van der Waals surface area contributed by atoms with Crippen LogP contribution < -0.4 is 0 Å². The van der Waals surface area contributed by atoms with Gasteiger partial charge < -0.3 is 4.74 Å². The SMILES string of the molecule is Brc1ccc(C2=CC(=C3C=CC(=[N+]4N=C(c5ccccc5)CC4c4ccccc4)C=C3)C=C(c3ccc(Br)cc3)O2)cc1. The molecule has 1 atom stereocenters. The molecule has 2 heterocycles. The van der Waals surface area contributed by atoms with Gasteiger partial charge in [-0.3, -0.25) is 0 Å². The highest BCUT2D eigenvalue weighted by atomic mass is 79.9. The van der Waals surface area contributed by atoms with Gasteiger partial charge in [0.15, 0.2) is 0 Å². The molecule has 7 rings (SSSR count). The van der Waals surface area contributed by atoms with E-state index in [9.17, 15) is 0 Å². The lowest BCUT2D eigenvalue weighted by Gasteiger charge is -2.20. The Morgan fingerprint density at radius 3 is 1.67 bits per heavy atom. The lowest BCUT2D eigenvalue weighted by atomic mass is 9.96. The third-order valence-corrected chi connectivity index (χ3v) is 8.77. The minimum absolute atomic E-state index is 0.130. The van der Waals surface area contributed by atoms with Crippen molar-refractivity contribution in [1.82, 2.24) is 0 Å². The van der Waals surface area contributed by atoms with E-state index in [-0.39, 0.29) is 6.04 Å². The fourth-order valence-corrected chi connectivity index (χ4v) is 6.00. The van der Waals surface area contributed by atoms with Crippen LogP contribution in [0.4, 0.5) is 0 Å². The van der Waals surface area contributed by atoms with E-state index in [1.165, 1.54) is 5.56 Å². The zero-order valence-corrected chi connectivity index (χ0v) is 26.4. The fraction of sp³-hybridized carbons (Fsp3) is 0.0526. The van der Waals surface area contributed by atoms with E-state index in [0.717, 1.165) is 66.1 Å². The molecule has 43 heavy (non-hydrogen) atoms. The van der Waals surface area contributed by atoms with Crippen molar-refractivity contribution in [3.05, 3.63) is 188 Å². The summed E-state index contributed by atoms with van der Waals surface area (Å²) in [4.78, 5) is 0. The van der Waals surface area contributed by atoms with Crippen molar-refractivity contribution in [2.24, 2.45) is 5.10 Å². The van der Waals surface area contributed by atoms with Crippen LogP contribution in [-0.4, -0.2) is 16.1 Å². The molecule has 4 aromatic carbocycles. The van der Waals surface area contributed by atoms with E-state index < -0.39 is 0 Å². The van der Waals surface area contributed by atoms with Crippen molar-refractivity contribution in [2.75, 3.05) is 0 Å². The molecular formula is C38H27Br2N2O+. The Balaban J connectivity index is 1.29. The van der Waals surface area contributed by atoms with E-state index >= 15 is 0 Å². The van der Waals surface area contributed by atoms with Gasteiger partial charge in [0, 0.05) is 43.4 Å². The number of ether oxygens (including phenoxy) is 1. The second kappa shape index (κ2) is 12.1. The first-order valence-corrected chi connectivity index (χ1v) is 15.8. The molecule has 4 aromatic rings. The summed E-state index contributed by atoms with van der Waals surface area (Å²) in [5, 5.41) is 5.14. The van der Waals surface area contributed by atoms with E-state index in [4.69, 9.17) is 9.84 Å². The molecule has 0 fully saturated rings. The van der Waals surface area contributed by atoms with Crippen LogP contribution in [0, 0.1) is 0 Å². The van der Waals surface area contributed by atoms with Gasteiger partial charge >= 0.3 is 0 Å². The second-order valence-corrected chi connectivity index (χ2v) is 12.4. The zero-order valence-electron chi connectivity index (χ0n) is 23.2. The monoisotopic (exact) mass is 685 g/mol. The standard InChI is InChI=1S/C38H27Br2N2O/c39-32-17-11-29(12-18-32)37-23-31(24-38(43-37)30-13-19-33(40)20-14-30)26-15-21-34(22-16-26)42-36(28-9-5-2-6-10-28)25-35(41-42)27-7-3-1-4-8-27/h1-24,36H,25H2/q+1. The quantitative estimate of drug-likeness (QED) is 0.196. The van der Waals surface area contributed by atoms with Crippen molar-refractivity contribution in [3.8, 4) is 0 Å². The summed E-state index contributed by atoms with van der Waals surface area (Å²) in [5.41, 5.74) is 8.81. The van der Waals surface area contributed by atoms with Gasteiger partial charge in [-0.15, -0.1) is 0 Å². The van der Waals surface area contributed by atoms with E-state index in [1.54, 1.807) is 0 Å².